The molecule has 0 aliphatic rings. The Morgan fingerprint density at radius 3 is 2.70 bits per heavy atom. The number of anilines is 1. The molecule has 8 nitrogen and oxygen atoms in total. The van der Waals surface area contributed by atoms with Gasteiger partial charge in [-0.25, -0.2) is 9.78 Å². The van der Waals surface area contributed by atoms with Gasteiger partial charge in [-0.05, 0) is 36.2 Å². The first-order valence-electron chi connectivity index (χ1n) is 10.2. The molecule has 4 rings (SSSR count). The van der Waals surface area contributed by atoms with E-state index in [2.05, 4.69) is 26.8 Å². The van der Waals surface area contributed by atoms with E-state index >= 15 is 0 Å². The zero-order valence-electron chi connectivity index (χ0n) is 18.2. The van der Waals surface area contributed by atoms with E-state index in [-0.39, 0.29) is 18.2 Å². The van der Waals surface area contributed by atoms with E-state index in [9.17, 15) is 9.59 Å². The van der Waals surface area contributed by atoms with Gasteiger partial charge in [0.25, 0.3) is 5.56 Å². The van der Waals surface area contributed by atoms with E-state index in [1.54, 1.807) is 30.5 Å². The number of esters is 1. The van der Waals surface area contributed by atoms with Crippen molar-refractivity contribution in [3.05, 3.63) is 100.0 Å². The standard InChI is InChI=1S/C25H22N4O4/c1-15-9-10-18(24(31)33-14-17-7-5-4-6-8-17)12-21(15)27-16(2)20-11-19-13-26-25(32-3)29-22(19)28-23(20)30/h4-13,27H,2,14H2,1,3H3,(H,26,28,29,30). The Bertz CT molecular complexity index is 1400. The van der Waals surface area contributed by atoms with Crippen LogP contribution in [0.15, 0.2) is 72.2 Å². The highest BCUT2D eigenvalue weighted by atomic mass is 16.5. The molecule has 0 radical (unpaired) electrons. The van der Waals surface area contributed by atoms with Crippen LogP contribution in [-0.2, 0) is 11.3 Å². The van der Waals surface area contributed by atoms with E-state index < -0.39 is 5.97 Å². The number of carbonyl (C=O) groups excluding carboxylic acids is 1. The summed E-state index contributed by atoms with van der Waals surface area (Å²) < 4.78 is 10.4. The molecule has 0 aliphatic carbocycles. The summed E-state index contributed by atoms with van der Waals surface area (Å²) in [6.45, 7) is 6.07. The number of aryl methyl sites for hydroxylation is 1. The maximum atomic E-state index is 12.6. The second-order valence-electron chi connectivity index (χ2n) is 7.37. The largest absolute Gasteiger partial charge is 0.467 e. The lowest BCUT2D eigenvalue weighted by Gasteiger charge is -2.14. The molecule has 0 unspecified atom stereocenters. The van der Waals surface area contributed by atoms with Gasteiger partial charge in [-0.3, -0.25) is 4.79 Å². The topological polar surface area (TPSA) is 106 Å². The molecule has 0 saturated carbocycles. The van der Waals surface area contributed by atoms with Gasteiger partial charge in [-0.1, -0.05) is 43.0 Å². The van der Waals surface area contributed by atoms with Crippen LogP contribution in [0.3, 0.4) is 0 Å². The van der Waals surface area contributed by atoms with Crippen LogP contribution in [0, 0.1) is 6.92 Å². The Labute approximate surface area is 189 Å². The van der Waals surface area contributed by atoms with Crippen LogP contribution in [0.4, 0.5) is 5.69 Å². The molecule has 0 spiro atoms. The van der Waals surface area contributed by atoms with Crippen LogP contribution in [0.5, 0.6) is 6.01 Å². The average Bonchev–Trinajstić information content (AvgIpc) is 2.83. The summed E-state index contributed by atoms with van der Waals surface area (Å²) in [5.41, 5.74) is 3.50. The first-order chi connectivity index (χ1) is 15.9. The number of hydrogen-bond donors (Lipinski definition) is 2. The average molecular weight is 442 g/mol. The zero-order chi connectivity index (χ0) is 23.4. The third-order valence-corrected chi connectivity index (χ3v) is 5.05. The van der Waals surface area contributed by atoms with Crippen molar-refractivity contribution in [3.63, 3.8) is 0 Å². The van der Waals surface area contributed by atoms with Gasteiger partial charge >= 0.3 is 12.0 Å². The van der Waals surface area contributed by atoms with Gasteiger partial charge in [0.15, 0.2) is 0 Å². The van der Waals surface area contributed by atoms with Crippen LogP contribution in [-0.4, -0.2) is 28.0 Å². The van der Waals surface area contributed by atoms with Gasteiger partial charge in [0.1, 0.15) is 12.3 Å². The highest BCUT2D eigenvalue weighted by Gasteiger charge is 2.13. The number of pyridine rings is 1. The molecule has 0 fully saturated rings. The molecular weight excluding hydrogens is 420 g/mol. The number of nitrogens with one attached hydrogen (secondary N) is 2. The van der Waals surface area contributed by atoms with Gasteiger partial charge < -0.3 is 19.8 Å². The van der Waals surface area contributed by atoms with Crippen molar-refractivity contribution in [2.45, 2.75) is 13.5 Å². The van der Waals surface area contributed by atoms with Crippen molar-refractivity contribution in [1.82, 2.24) is 15.0 Å². The number of aromatic amines is 1. The number of aromatic nitrogens is 3. The monoisotopic (exact) mass is 442 g/mol. The molecular formula is C25H22N4O4. The SMILES string of the molecule is C=C(Nc1cc(C(=O)OCc2ccccc2)ccc1C)c1cc2cnc(OC)nc2[nH]c1=O. The van der Waals surface area contributed by atoms with Crippen molar-refractivity contribution < 1.29 is 14.3 Å². The molecule has 8 heteroatoms. The lowest BCUT2D eigenvalue weighted by Crippen LogP contribution is -2.15. The minimum absolute atomic E-state index is 0.162. The van der Waals surface area contributed by atoms with E-state index in [1.165, 1.54) is 7.11 Å². The normalized spacial score (nSPS) is 10.6. The fourth-order valence-corrected chi connectivity index (χ4v) is 3.22. The van der Waals surface area contributed by atoms with Crippen LogP contribution in [0.2, 0.25) is 0 Å². The Hall–Kier alpha value is -4.46. The molecule has 166 valence electrons. The maximum Gasteiger partial charge on any atom is 0.338 e. The van der Waals surface area contributed by atoms with Crippen molar-refractivity contribution in [1.29, 1.82) is 0 Å². The summed E-state index contributed by atoms with van der Waals surface area (Å²) in [4.78, 5) is 36.1. The molecule has 2 heterocycles. The van der Waals surface area contributed by atoms with Gasteiger partial charge in [-0.2, -0.15) is 4.98 Å². The lowest BCUT2D eigenvalue weighted by molar-refractivity contribution is 0.0473. The number of ether oxygens (including phenoxy) is 2. The molecule has 4 aromatic rings. The molecule has 0 amide bonds. The number of methoxy groups -OCH3 is 1. The van der Waals surface area contributed by atoms with Crippen molar-refractivity contribution in [2.24, 2.45) is 0 Å². The van der Waals surface area contributed by atoms with E-state index in [0.717, 1.165) is 11.1 Å². The van der Waals surface area contributed by atoms with Crippen LogP contribution in [0.1, 0.15) is 27.0 Å². The number of fused-ring (bicyclic) bond motifs is 1. The molecule has 2 N–H and O–H groups in total. The van der Waals surface area contributed by atoms with Crippen LogP contribution < -0.4 is 15.6 Å². The summed E-state index contributed by atoms with van der Waals surface area (Å²) >= 11 is 0. The number of benzene rings is 2. The summed E-state index contributed by atoms with van der Waals surface area (Å²) in [6, 6.07) is 16.5. The van der Waals surface area contributed by atoms with E-state index in [0.29, 0.717) is 33.5 Å². The molecule has 33 heavy (non-hydrogen) atoms. The fourth-order valence-electron chi connectivity index (χ4n) is 3.22. The molecule has 2 aromatic carbocycles. The molecule has 0 atom stereocenters. The lowest BCUT2D eigenvalue weighted by atomic mass is 10.1. The van der Waals surface area contributed by atoms with Crippen LogP contribution >= 0.6 is 0 Å². The van der Waals surface area contributed by atoms with E-state index in [1.807, 2.05) is 37.3 Å². The second kappa shape index (κ2) is 9.35. The highest BCUT2D eigenvalue weighted by Crippen LogP contribution is 2.23. The summed E-state index contributed by atoms with van der Waals surface area (Å²) in [5, 5.41) is 3.76. The molecule has 0 bridgehead atoms. The van der Waals surface area contributed by atoms with Gasteiger partial charge in [0.05, 0.1) is 18.2 Å². The van der Waals surface area contributed by atoms with E-state index in [4.69, 9.17) is 9.47 Å². The predicted octanol–water partition coefficient (Wildman–Crippen LogP) is 4.07. The summed E-state index contributed by atoms with van der Waals surface area (Å²) in [5.74, 6) is -0.442. The quantitative estimate of drug-likeness (QED) is 0.416. The smallest absolute Gasteiger partial charge is 0.338 e. The summed E-state index contributed by atoms with van der Waals surface area (Å²) in [6.07, 6.45) is 1.56. The molecule has 0 aliphatic heterocycles. The van der Waals surface area contributed by atoms with Crippen molar-refractivity contribution in [2.75, 3.05) is 12.4 Å². The summed E-state index contributed by atoms with van der Waals surface area (Å²) in [7, 11) is 1.45. The number of H-pyrrole nitrogens is 1. The zero-order valence-corrected chi connectivity index (χ0v) is 18.2. The fraction of sp³-hybridized carbons (Fsp3) is 0.120. The van der Waals surface area contributed by atoms with Gasteiger partial charge in [0, 0.05) is 23.0 Å². The van der Waals surface area contributed by atoms with Gasteiger partial charge in [0.2, 0.25) is 0 Å². The minimum Gasteiger partial charge on any atom is -0.467 e. The number of hydrogen-bond acceptors (Lipinski definition) is 7. The van der Waals surface area contributed by atoms with Gasteiger partial charge in [-0.15, -0.1) is 0 Å². The van der Waals surface area contributed by atoms with Crippen molar-refractivity contribution in [3.8, 4) is 6.01 Å². The number of carbonyl (C=O) groups is 1. The third-order valence-electron chi connectivity index (χ3n) is 5.05. The Kier molecular flexibility index (Phi) is 6.17. The minimum atomic E-state index is -0.442. The number of rotatable bonds is 7. The highest BCUT2D eigenvalue weighted by molar-refractivity contribution is 5.92. The molecule has 0 saturated heterocycles. The second-order valence-corrected chi connectivity index (χ2v) is 7.37. The van der Waals surface area contributed by atoms with Crippen molar-refractivity contribution >= 4 is 28.4 Å². The first kappa shape index (κ1) is 21.8. The molecule has 2 aromatic heterocycles. The third kappa shape index (κ3) is 4.90. The number of nitrogens with zero attached hydrogens (tertiary/aromatic N) is 2. The predicted molar refractivity (Wildman–Crippen MR) is 126 cm³/mol. The first-order valence-corrected chi connectivity index (χ1v) is 10.2. The Balaban J connectivity index is 1.53. The van der Waals surface area contributed by atoms with Crippen LogP contribution in [0.25, 0.3) is 16.7 Å². The maximum absolute atomic E-state index is 12.6. The Morgan fingerprint density at radius 2 is 1.94 bits per heavy atom. The Morgan fingerprint density at radius 1 is 1.15 bits per heavy atom.